The molecule has 30 heavy (non-hydrogen) atoms. The van der Waals surface area contributed by atoms with Crippen LogP contribution in [0.4, 0.5) is 5.82 Å². The maximum atomic E-state index is 13.4. The number of aryl methyl sites for hydroxylation is 1. The van der Waals surface area contributed by atoms with Gasteiger partial charge in [0.2, 0.25) is 15.9 Å². The molecule has 4 rings (SSSR count). The molecule has 1 aromatic heterocycles. The Balaban J connectivity index is 1.67. The minimum atomic E-state index is -3.76. The van der Waals surface area contributed by atoms with E-state index >= 15 is 0 Å². The zero-order valence-electron chi connectivity index (χ0n) is 16.5. The van der Waals surface area contributed by atoms with Crippen LogP contribution in [0.25, 0.3) is 0 Å². The molecule has 1 aliphatic heterocycles. The highest BCUT2D eigenvalue weighted by molar-refractivity contribution is 7.89. The third kappa shape index (κ3) is 4.10. The van der Waals surface area contributed by atoms with E-state index in [9.17, 15) is 13.2 Å². The highest BCUT2D eigenvalue weighted by Crippen LogP contribution is 2.36. The van der Waals surface area contributed by atoms with E-state index in [1.165, 1.54) is 22.9 Å². The lowest BCUT2D eigenvalue weighted by Gasteiger charge is -2.36. The number of amides is 1. The first-order valence-electron chi connectivity index (χ1n) is 9.67. The van der Waals surface area contributed by atoms with Crippen molar-refractivity contribution in [3.63, 3.8) is 0 Å². The summed E-state index contributed by atoms with van der Waals surface area (Å²) in [5, 5.41) is 2.71. The summed E-state index contributed by atoms with van der Waals surface area (Å²) >= 11 is 0. The highest BCUT2D eigenvalue weighted by Gasteiger charge is 2.37. The molecule has 0 spiro atoms. The summed E-state index contributed by atoms with van der Waals surface area (Å²) in [5.41, 5.74) is 2.90. The molecule has 2 heterocycles. The van der Waals surface area contributed by atoms with Crippen molar-refractivity contribution in [3.05, 3.63) is 83.8 Å². The fourth-order valence-electron chi connectivity index (χ4n) is 3.71. The van der Waals surface area contributed by atoms with E-state index in [4.69, 9.17) is 0 Å². The number of aromatic nitrogens is 2. The third-order valence-electron chi connectivity index (χ3n) is 5.20. The van der Waals surface area contributed by atoms with Gasteiger partial charge in [0.1, 0.15) is 0 Å². The van der Waals surface area contributed by atoms with Gasteiger partial charge >= 0.3 is 0 Å². The minimum Gasteiger partial charge on any atom is -0.309 e. The molecular weight excluding hydrogens is 400 g/mol. The van der Waals surface area contributed by atoms with E-state index in [1.807, 2.05) is 31.2 Å². The molecule has 3 aromatic rings. The second-order valence-electron chi connectivity index (χ2n) is 7.24. The lowest BCUT2D eigenvalue weighted by molar-refractivity contribution is -0.117. The van der Waals surface area contributed by atoms with Crippen LogP contribution in [0.15, 0.2) is 72.0 Å². The van der Waals surface area contributed by atoms with Gasteiger partial charge in [-0.15, -0.1) is 0 Å². The maximum absolute atomic E-state index is 13.4. The van der Waals surface area contributed by atoms with Crippen molar-refractivity contribution in [1.29, 1.82) is 0 Å². The van der Waals surface area contributed by atoms with E-state index < -0.39 is 16.1 Å². The Bertz CT molecular complexity index is 1150. The van der Waals surface area contributed by atoms with Gasteiger partial charge in [-0.05, 0) is 36.6 Å². The molecule has 0 aliphatic carbocycles. The van der Waals surface area contributed by atoms with Crippen LogP contribution in [-0.2, 0) is 21.2 Å². The number of hydrogen-bond donors (Lipinski definition) is 1. The van der Waals surface area contributed by atoms with Gasteiger partial charge in [-0.25, -0.2) is 13.4 Å². The summed E-state index contributed by atoms with van der Waals surface area (Å²) in [5.74, 6) is 0.0147. The van der Waals surface area contributed by atoms with Gasteiger partial charge in [0.15, 0.2) is 5.82 Å². The molecule has 8 heteroatoms. The summed E-state index contributed by atoms with van der Waals surface area (Å²) < 4.78 is 28.3. The average Bonchev–Trinajstić information content (AvgIpc) is 2.75. The molecule has 0 fully saturated rings. The number of carbonyl (C=O) groups excluding carboxylic acids is 1. The predicted molar refractivity (Wildman–Crippen MR) is 113 cm³/mol. The van der Waals surface area contributed by atoms with Crippen molar-refractivity contribution in [2.45, 2.75) is 30.7 Å². The minimum absolute atomic E-state index is 0.0152. The number of nitrogens with one attached hydrogen (secondary N) is 1. The lowest BCUT2D eigenvalue weighted by Crippen LogP contribution is -2.41. The van der Waals surface area contributed by atoms with Crippen LogP contribution in [-0.4, -0.2) is 35.1 Å². The van der Waals surface area contributed by atoms with Gasteiger partial charge in [0.25, 0.3) is 0 Å². The van der Waals surface area contributed by atoms with Crippen LogP contribution in [0.5, 0.6) is 0 Å². The molecule has 2 aromatic carbocycles. The zero-order valence-corrected chi connectivity index (χ0v) is 17.3. The largest absolute Gasteiger partial charge is 0.309 e. The SMILES string of the molecule is Cc1ccc(S(=O)(=O)N2CCc3ccccc3C2CC(=O)Nc2cnccn2)cc1. The number of sulfonamides is 1. The second-order valence-corrected chi connectivity index (χ2v) is 9.13. The Labute approximate surface area is 175 Å². The van der Waals surface area contributed by atoms with Gasteiger partial charge in [-0.1, -0.05) is 42.0 Å². The normalized spacial score (nSPS) is 16.6. The van der Waals surface area contributed by atoms with Crippen LogP contribution in [0.1, 0.15) is 29.2 Å². The van der Waals surface area contributed by atoms with Gasteiger partial charge in [-0.2, -0.15) is 4.31 Å². The fourth-order valence-corrected chi connectivity index (χ4v) is 5.31. The molecule has 0 radical (unpaired) electrons. The molecule has 0 saturated heterocycles. The number of hydrogen-bond acceptors (Lipinski definition) is 5. The summed E-state index contributed by atoms with van der Waals surface area (Å²) in [7, 11) is -3.76. The van der Waals surface area contributed by atoms with E-state index in [0.717, 1.165) is 16.7 Å². The Morgan fingerprint density at radius 1 is 1.13 bits per heavy atom. The Morgan fingerprint density at radius 3 is 2.63 bits per heavy atom. The van der Waals surface area contributed by atoms with Crippen molar-refractivity contribution in [1.82, 2.24) is 14.3 Å². The van der Waals surface area contributed by atoms with E-state index in [0.29, 0.717) is 18.8 Å². The molecule has 0 saturated carbocycles. The first-order chi connectivity index (χ1) is 14.4. The van der Waals surface area contributed by atoms with E-state index in [1.54, 1.807) is 24.3 Å². The maximum Gasteiger partial charge on any atom is 0.243 e. The first-order valence-corrected chi connectivity index (χ1v) is 11.1. The number of nitrogens with zero attached hydrogens (tertiary/aromatic N) is 3. The second kappa shape index (κ2) is 8.33. The number of fused-ring (bicyclic) bond motifs is 1. The number of benzene rings is 2. The van der Waals surface area contributed by atoms with Crippen LogP contribution < -0.4 is 5.32 Å². The summed E-state index contributed by atoms with van der Waals surface area (Å²) in [6, 6.07) is 13.9. The van der Waals surface area contributed by atoms with Crippen molar-refractivity contribution in [2.24, 2.45) is 0 Å². The topological polar surface area (TPSA) is 92.3 Å². The molecule has 1 unspecified atom stereocenters. The van der Waals surface area contributed by atoms with Crippen molar-refractivity contribution in [3.8, 4) is 0 Å². The molecule has 0 bridgehead atoms. The highest BCUT2D eigenvalue weighted by atomic mass is 32.2. The molecule has 1 aliphatic rings. The Morgan fingerprint density at radius 2 is 1.90 bits per heavy atom. The smallest absolute Gasteiger partial charge is 0.243 e. The summed E-state index contributed by atoms with van der Waals surface area (Å²) in [6.45, 7) is 2.23. The monoisotopic (exact) mass is 422 g/mol. The van der Waals surface area contributed by atoms with Crippen LogP contribution in [0, 0.1) is 6.92 Å². The molecule has 1 atom stereocenters. The van der Waals surface area contributed by atoms with Crippen LogP contribution in [0.2, 0.25) is 0 Å². The number of anilines is 1. The Hall–Kier alpha value is -3.10. The quantitative estimate of drug-likeness (QED) is 0.682. The van der Waals surface area contributed by atoms with Crippen molar-refractivity contribution < 1.29 is 13.2 Å². The van der Waals surface area contributed by atoms with Gasteiger partial charge in [0, 0.05) is 25.4 Å². The van der Waals surface area contributed by atoms with Crippen molar-refractivity contribution in [2.75, 3.05) is 11.9 Å². The first kappa shape index (κ1) is 20.2. The average molecular weight is 423 g/mol. The van der Waals surface area contributed by atoms with E-state index in [2.05, 4.69) is 15.3 Å². The van der Waals surface area contributed by atoms with Crippen LogP contribution >= 0.6 is 0 Å². The number of rotatable bonds is 5. The fraction of sp³-hybridized carbons (Fsp3) is 0.227. The predicted octanol–water partition coefficient (Wildman–Crippen LogP) is 3.10. The van der Waals surface area contributed by atoms with Crippen molar-refractivity contribution >= 4 is 21.7 Å². The summed E-state index contributed by atoms with van der Waals surface area (Å²) in [6.07, 6.45) is 5.04. The Kier molecular flexibility index (Phi) is 5.61. The van der Waals surface area contributed by atoms with Gasteiger partial charge in [0.05, 0.1) is 17.1 Å². The molecule has 7 nitrogen and oxygen atoms in total. The third-order valence-corrected chi connectivity index (χ3v) is 7.12. The molecule has 1 N–H and O–H groups in total. The molecule has 154 valence electrons. The zero-order chi connectivity index (χ0) is 21.1. The molecular formula is C22H22N4O3S. The number of carbonyl (C=O) groups is 1. The molecule has 1 amide bonds. The van der Waals surface area contributed by atoms with Gasteiger partial charge < -0.3 is 5.32 Å². The van der Waals surface area contributed by atoms with Gasteiger partial charge in [-0.3, -0.25) is 9.78 Å². The lowest BCUT2D eigenvalue weighted by atomic mass is 9.92. The van der Waals surface area contributed by atoms with E-state index in [-0.39, 0.29) is 17.2 Å². The standard InChI is InChI=1S/C22H22N4O3S/c1-16-6-8-18(9-7-16)30(28,29)26-13-10-17-4-2-3-5-19(17)20(26)14-22(27)25-21-15-23-11-12-24-21/h2-9,11-12,15,20H,10,13-14H2,1H3,(H,24,25,27). The summed E-state index contributed by atoms with van der Waals surface area (Å²) in [4.78, 5) is 21.0. The van der Waals surface area contributed by atoms with Crippen LogP contribution in [0.3, 0.4) is 0 Å².